The van der Waals surface area contributed by atoms with E-state index in [-0.39, 0.29) is 5.94 Å². The molecule has 0 saturated carbocycles. The lowest BCUT2D eigenvalue weighted by atomic mass is 11.7. The molecule has 0 radical (unpaired) electrons. The zero-order chi connectivity index (χ0) is 8.20. The minimum atomic E-state index is -4.19. The Morgan fingerprint density at radius 1 is 1.60 bits per heavy atom. The van der Waals surface area contributed by atoms with Crippen LogP contribution >= 0.6 is 28.3 Å². The van der Waals surface area contributed by atoms with Gasteiger partial charge in [-0.3, -0.25) is 4.57 Å². The lowest BCUT2D eigenvalue weighted by Gasteiger charge is -1.91. The summed E-state index contributed by atoms with van der Waals surface area (Å²) in [6, 6.07) is 0. The maximum Gasteiger partial charge on any atom is 0.521 e. The van der Waals surface area contributed by atoms with Crippen LogP contribution in [0.3, 0.4) is 0 Å². The summed E-state index contributed by atoms with van der Waals surface area (Å²) in [7, 11) is -6.45. The van der Waals surface area contributed by atoms with Crippen LogP contribution in [0.5, 0.6) is 0 Å². The molecule has 0 heterocycles. The van der Waals surface area contributed by atoms with E-state index in [9.17, 15) is 9.13 Å². The zero-order valence-electron chi connectivity index (χ0n) is 4.88. The maximum absolute atomic E-state index is 10.4. The van der Waals surface area contributed by atoms with E-state index in [1.165, 1.54) is 0 Å². The van der Waals surface area contributed by atoms with Crippen molar-refractivity contribution in [1.82, 2.24) is 0 Å². The molecule has 0 aliphatic heterocycles. The van der Waals surface area contributed by atoms with Crippen molar-refractivity contribution in [3.63, 3.8) is 0 Å². The molecule has 0 aliphatic rings. The van der Waals surface area contributed by atoms with E-state index in [1.807, 2.05) is 0 Å². The normalized spacial score (nSPS) is 13.3. The summed E-state index contributed by atoms with van der Waals surface area (Å²) in [4.78, 5) is 16.5. The third-order valence-corrected chi connectivity index (χ3v) is 3.65. The van der Waals surface area contributed by atoms with Crippen LogP contribution in [-0.2, 0) is 13.7 Å². The van der Waals surface area contributed by atoms with Crippen molar-refractivity contribution in [3.8, 4) is 0 Å². The Morgan fingerprint density at radius 2 is 2.10 bits per heavy atom. The summed E-state index contributed by atoms with van der Waals surface area (Å²) in [5.74, 6) is -0.835. The molecular weight excluding hydrogens is 198 g/mol. The first-order chi connectivity index (χ1) is 4.45. The molecule has 1 unspecified atom stereocenters. The topological polar surface area (TPSA) is 83.8 Å². The summed E-state index contributed by atoms with van der Waals surface area (Å²) >= 11 is 3.55. The fourth-order valence-electron chi connectivity index (χ4n) is 0.256. The molecule has 0 aliphatic carbocycles. The van der Waals surface area contributed by atoms with E-state index in [2.05, 4.69) is 17.2 Å². The molecule has 1 atom stereocenters. The van der Waals surface area contributed by atoms with Gasteiger partial charge in [-0.15, -0.1) is 17.2 Å². The van der Waals surface area contributed by atoms with E-state index in [1.54, 1.807) is 0 Å². The van der Waals surface area contributed by atoms with Gasteiger partial charge in [-0.25, -0.2) is 0 Å². The third-order valence-electron chi connectivity index (χ3n) is 0.501. The summed E-state index contributed by atoms with van der Waals surface area (Å²) in [6.45, 7) is 0. The van der Waals surface area contributed by atoms with E-state index in [4.69, 9.17) is 9.79 Å². The number of thiol groups is 1. The molecule has 0 spiro atoms. The molecule has 10 heavy (non-hydrogen) atoms. The molecule has 0 amide bonds. The van der Waals surface area contributed by atoms with E-state index >= 15 is 0 Å². The van der Waals surface area contributed by atoms with Gasteiger partial charge in [0.1, 0.15) is 5.94 Å². The van der Waals surface area contributed by atoms with E-state index in [0.717, 1.165) is 0 Å². The second-order valence-corrected chi connectivity index (χ2v) is 5.04. The van der Waals surface area contributed by atoms with E-state index in [0.29, 0.717) is 0 Å². The van der Waals surface area contributed by atoms with Gasteiger partial charge >= 0.3 is 15.6 Å². The first-order valence-electron chi connectivity index (χ1n) is 2.19. The molecule has 0 aromatic carbocycles. The minimum Gasteiger partial charge on any atom is -0.321 e. The number of hydrogen-bond donors (Lipinski definition) is 3. The Hall–Kier alpha value is 0.560. The SMILES string of the molecule is O=[P+](CP(=O)(O)O)OCS. The number of rotatable bonds is 4. The summed E-state index contributed by atoms with van der Waals surface area (Å²) < 4.78 is 24.9. The highest BCUT2D eigenvalue weighted by atomic mass is 32.1. The minimum absolute atomic E-state index is 0.102. The van der Waals surface area contributed by atoms with Gasteiger partial charge in [0.15, 0.2) is 0 Å². The molecule has 0 rings (SSSR count). The molecule has 60 valence electrons. The van der Waals surface area contributed by atoms with Crippen LogP contribution in [0.4, 0.5) is 0 Å². The lowest BCUT2D eigenvalue weighted by Crippen LogP contribution is -1.83. The van der Waals surface area contributed by atoms with Crippen molar-refractivity contribution in [2.75, 3.05) is 11.8 Å². The highest BCUT2D eigenvalue weighted by Crippen LogP contribution is 2.45. The Kier molecular flexibility index (Phi) is 4.69. The van der Waals surface area contributed by atoms with Gasteiger partial charge in [0.05, 0.1) is 0 Å². The van der Waals surface area contributed by atoms with Crippen LogP contribution in [0.15, 0.2) is 0 Å². The average Bonchev–Trinajstić information content (AvgIpc) is 1.59. The van der Waals surface area contributed by atoms with Crippen molar-refractivity contribution in [2.24, 2.45) is 0 Å². The molecule has 0 aromatic rings. The lowest BCUT2D eigenvalue weighted by molar-refractivity contribution is 0.370. The first-order valence-corrected chi connectivity index (χ1v) is 5.98. The number of hydrogen-bond acceptors (Lipinski definition) is 4. The Balaban J connectivity index is 3.70. The zero-order valence-corrected chi connectivity index (χ0v) is 7.56. The van der Waals surface area contributed by atoms with Gasteiger partial charge in [-0.1, -0.05) is 0 Å². The standard InChI is InChI=1S/C2H6O5P2S/c3-8(7-1-10)2-9(4,5)6/h1-2H2,(H2-,4,5,6,10)/p+1. The largest absolute Gasteiger partial charge is 0.521 e. The fourth-order valence-corrected chi connectivity index (χ4v) is 2.30. The average molecular weight is 205 g/mol. The predicted octanol–water partition coefficient (Wildman–Crippen LogP) is 0.768. The first kappa shape index (κ1) is 10.6. The molecule has 0 aromatic heterocycles. The smallest absolute Gasteiger partial charge is 0.321 e. The molecule has 0 saturated heterocycles. The summed E-state index contributed by atoms with van der Waals surface area (Å²) in [5, 5.41) is 0. The van der Waals surface area contributed by atoms with Gasteiger partial charge in [0, 0.05) is 0 Å². The van der Waals surface area contributed by atoms with Gasteiger partial charge in [-0.05, 0) is 4.57 Å². The quantitative estimate of drug-likeness (QED) is 0.358. The fraction of sp³-hybridized carbons (Fsp3) is 1.00. The Morgan fingerprint density at radius 3 is 2.40 bits per heavy atom. The van der Waals surface area contributed by atoms with Crippen molar-refractivity contribution in [1.29, 1.82) is 0 Å². The van der Waals surface area contributed by atoms with Crippen LogP contribution < -0.4 is 0 Å². The van der Waals surface area contributed by atoms with Crippen LogP contribution in [0, 0.1) is 0 Å². The van der Waals surface area contributed by atoms with Crippen molar-refractivity contribution >= 4 is 28.3 Å². The Bertz CT molecular complexity index is 163. The predicted molar refractivity (Wildman–Crippen MR) is 39.5 cm³/mol. The van der Waals surface area contributed by atoms with Crippen molar-refractivity contribution in [3.05, 3.63) is 0 Å². The van der Waals surface area contributed by atoms with Crippen LogP contribution in [0.25, 0.3) is 0 Å². The molecule has 2 N–H and O–H groups in total. The monoisotopic (exact) mass is 205 g/mol. The summed E-state index contributed by atoms with van der Waals surface area (Å²) in [6.07, 6.45) is 0. The van der Waals surface area contributed by atoms with Crippen molar-refractivity contribution in [2.45, 2.75) is 0 Å². The highest BCUT2D eigenvalue weighted by Gasteiger charge is 2.30. The van der Waals surface area contributed by atoms with Gasteiger partial charge < -0.3 is 9.79 Å². The second kappa shape index (κ2) is 4.44. The molecule has 8 heteroatoms. The van der Waals surface area contributed by atoms with Gasteiger partial charge in [0.2, 0.25) is 0 Å². The van der Waals surface area contributed by atoms with Crippen molar-refractivity contribution < 1.29 is 23.4 Å². The molecule has 5 nitrogen and oxygen atoms in total. The van der Waals surface area contributed by atoms with E-state index < -0.39 is 21.5 Å². The molecule has 0 bridgehead atoms. The maximum atomic E-state index is 10.4. The molecule has 0 fully saturated rings. The van der Waals surface area contributed by atoms with Crippen LogP contribution in [0.1, 0.15) is 0 Å². The van der Waals surface area contributed by atoms with Crippen LogP contribution in [0.2, 0.25) is 0 Å². The molecular formula is C2H7O5P2S+. The third kappa shape index (κ3) is 6.68. The summed E-state index contributed by atoms with van der Waals surface area (Å²) in [5.41, 5.74) is 0. The van der Waals surface area contributed by atoms with Crippen LogP contribution in [-0.4, -0.2) is 21.6 Å². The Labute approximate surface area is 64.2 Å². The highest BCUT2D eigenvalue weighted by molar-refractivity contribution is 7.80. The van der Waals surface area contributed by atoms with Gasteiger partial charge in [-0.2, -0.15) is 0 Å². The second-order valence-electron chi connectivity index (χ2n) is 1.40. The van der Waals surface area contributed by atoms with Gasteiger partial charge in [0.25, 0.3) is 5.90 Å².